The quantitative estimate of drug-likeness (QED) is 0.782. The monoisotopic (exact) mass is 285 g/mol. The molecule has 1 unspecified atom stereocenters. The molecule has 3 heteroatoms. The van der Waals surface area contributed by atoms with E-state index in [0.717, 1.165) is 36.8 Å². The second kappa shape index (κ2) is 8.20. The third-order valence-electron chi connectivity index (χ3n) is 3.00. The molecule has 0 aromatic heterocycles. The van der Waals surface area contributed by atoms with E-state index >= 15 is 0 Å². The summed E-state index contributed by atoms with van der Waals surface area (Å²) in [6.45, 7) is 5.67. The van der Waals surface area contributed by atoms with Crippen LogP contribution in [0.1, 0.15) is 20.3 Å². The molecule has 1 N–H and O–H groups in total. The first kappa shape index (κ1) is 15.2. The van der Waals surface area contributed by atoms with Crippen molar-refractivity contribution in [2.45, 2.75) is 26.4 Å². The predicted molar refractivity (Wildman–Crippen MR) is 87.2 cm³/mol. The highest BCUT2D eigenvalue weighted by molar-refractivity contribution is 5.46. The van der Waals surface area contributed by atoms with E-state index in [1.807, 2.05) is 54.6 Å². The van der Waals surface area contributed by atoms with E-state index in [4.69, 9.17) is 9.47 Å². The van der Waals surface area contributed by atoms with Crippen LogP contribution in [0, 0.1) is 0 Å². The first-order valence-corrected chi connectivity index (χ1v) is 7.46. The number of para-hydroxylation sites is 1. The lowest BCUT2D eigenvalue weighted by Crippen LogP contribution is -2.22. The molecule has 2 aromatic rings. The number of ether oxygens (including phenoxy) is 2. The first-order chi connectivity index (χ1) is 10.3. The minimum atomic E-state index is 0.100. The van der Waals surface area contributed by atoms with Crippen LogP contribution in [0.5, 0.6) is 11.5 Å². The van der Waals surface area contributed by atoms with Crippen molar-refractivity contribution in [3.63, 3.8) is 0 Å². The normalized spacial score (nSPS) is 11.7. The molecule has 112 valence electrons. The zero-order chi connectivity index (χ0) is 14.9. The van der Waals surface area contributed by atoms with Gasteiger partial charge in [0.1, 0.15) is 17.6 Å². The Morgan fingerprint density at radius 3 is 2.33 bits per heavy atom. The molecule has 0 aliphatic carbocycles. The summed E-state index contributed by atoms with van der Waals surface area (Å²) in [7, 11) is 0. The third kappa shape index (κ3) is 5.38. The average Bonchev–Trinajstić information content (AvgIpc) is 2.53. The minimum Gasteiger partial charge on any atom is -0.494 e. The maximum atomic E-state index is 5.83. The van der Waals surface area contributed by atoms with Gasteiger partial charge in [0, 0.05) is 5.69 Å². The molecule has 2 rings (SSSR count). The van der Waals surface area contributed by atoms with Crippen LogP contribution < -0.4 is 14.8 Å². The molecule has 1 atom stereocenters. The second-order valence-corrected chi connectivity index (χ2v) is 5.00. The highest BCUT2D eigenvalue weighted by Crippen LogP contribution is 2.16. The van der Waals surface area contributed by atoms with Crippen molar-refractivity contribution >= 4 is 5.69 Å². The van der Waals surface area contributed by atoms with Crippen molar-refractivity contribution in [2.75, 3.05) is 18.5 Å². The third-order valence-corrected chi connectivity index (χ3v) is 3.00. The van der Waals surface area contributed by atoms with Gasteiger partial charge in [-0.25, -0.2) is 0 Å². The van der Waals surface area contributed by atoms with Gasteiger partial charge < -0.3 is 14.8 Å². The molecular formula is C18H23NO2. The van der Waals surface area contributed by atoms with E-state index in [0.29, 0.717) is 0 Å². The summed E-state index contributed by atoms with van der Waals surface area (Å²) in [5.74, 6) is 1.81. The van der Waals surface area contributed by atoms with E-state index in [1.54, 1.807) is 0 Å². The Balaban J connectivity index is 1.77. The fourth-order valence-corrected chi connectivity index (χ4v) is 1.92. The van der Waals surface area contributed by atoms with Crippen LogP contribution in [0.15, 0.2) is 54.6 Å². The molecule has 0 bridgehead atoms. The molecule has 0 radical (unpaired) electrons. The van der Waals surface area contributed by atoms with E-state index in [-0.39, 0.29) is 6.10 Å². The van der Waals surface area contributed by atoms with Crippen LogP contribution in [-0.4, -0.2) is 19.3 Å². The van der Waals surface area contributed by atoms with Crippen molar-refractivity contribution < 1.29 is 9.47 Å². The Morgan fingerprint density at radius 1 is 0.952 bits per heavy atom. The molecular weight excluding hydrogens is 262 g/mol. The van der Waals surface area contributed by atoms with Crippen molar-refractivity contribution in [1.29, 1.82) is 0 Å². The number of hydrogen-bond acceptors (Lipinski definition) is 3. The van der Waals surface area contributed by atoms with Crippen LogP contribution in [0.2, 0.25) is 0 Å². The molecule has 0 saturated heterocycles. The maximum absolute atomic E-state index is 5.83. The number of rotatable bonds is 8. The fourth-order valence-electron chi connectivity index (χ4n) is 1.92. The van der Waals surface area contributed by atoms with Crippen LogP contribution in [0.3, 0.4) is 0 Å². The van der Waals surface area contributed by atoms with Gasteiger partial charge in [-0.3, -0.25) is 0 Å². The Bertz CT molecular complexity index is 511. The highest BCUT2D eigenvalue weighted by atomic mass is 16.5. The van der Waals surface area contributed by atoms with Crippen molar-refractivity contribution in [3.05, 3.63) is 54.6 Å². The average molecular weight is 285 g/mol. The topological polar surface area (TPSA) is 30.5 Å². The molecule has 0 saturated carbocycles. The van der Waals surface area contributed by atoms with Gasteiger partial charge in [-0.05, 0) is 49.7 Å². The van der Waals surface area contributed by atoms with E-state index in [1.165, 1.54) is 0 Å². The van der Waals surface area contributed by atoms with Crippen LogP contribution in [-0.2, 0) is 0 Å². The van der Waals surface area contributed by atoms with E-state index in [9.17, 15) is 0 Å². The smallest absolute Gasteiger partial charge is 0.119 e. The molecule has 3 nitrogen and oxygen atoms in total. The van der Waals surface area contributed by atoms with Crippen LogP contribution >= 0.6 is 0 Å². The van der Waals surface area contributed by atoms with Gasteiger partial charge in [0.25, 0.3) is 0 Å². The van der Waals surface area contributed by atoms with E-state index in [2.05, 4.69) is 19.2 Å². The van der Waals surface area contributed by atoms with Crippen molar-refractivity contribution in [3.8, 4) is 11.5 Å². The molecule has 0 aliphatic heterocycles. The Kier molecular flexibility index (Phi) is 5.95. The second-order valence-electron chi connectivity index (χ2n) is 5.00. The Morgan fingerprint density at radius 2 is 1.67 bits per heavy atom. The summed E-state index contributed by atoms with van der Waals surface area (Å²) in [5.41, 5.74) is 1.07. The Hall–Kier alpha value is -2.16. The SMILES string of the molecule is CCCOc1ccc(NCC(C)Oc2ccccc2)cc1. The van der Waals surface area contributed by atoms with Crippen molar-refractivity contribution in [1.82, 2.24) is 0 Å². The van der Waals surface area contributed by atoms with Gasteiger partial charge in [-0.2, -0.15) is 0 Å². The molecule has 2 aromatic carbocycles. The maximum Gasteiger partial charge on any atom is 0.119 e. The number of benzene rings is 2. The van der Waals surface area contributed by atoms with Gasteiger partial charge in [0.15, 0.2) is 0 Å². The number of nitrogens with one attached hydrogen (secondary N) is 1. The van der Waals surface area contributed by atoms with Crippen LogP contribution in [0.25, 0.3) is 0 Å². The largest absolute Gasteiger partial charge is 0.494 e. The standard InChI is InChI=1S/C18H23NO2/c1-3-13-20-17-11-9-16(10-12-17)19-14-15(2)21-18-7-5-4-6-8-18/h4-12,15,19H,3,13-14H2,1-2H3. The summed E-state index contributed by atoms with van der Waals surface area (Å²) in [4.78, 5) is 0. The molecule has 0 aliphatic rings. The lowest BCUT2D eigenvalue weighted by atomic mass is 10.3. The van der Waals surface area contributed by atoms with E-state index < -0.39 is 0 Å². The highest BCUT2D eigenvalue weighted by Gasteiger charge is 2.03. The summed E-state index contributed by atoms with van der Waals surface area (Å²) in [5, 5.41) is 3.37. The van der Waals surface area contributed by atoms with Crippen molar-refractivity contribution in [2.24, 2.45) is 0 Å². The lowest BCUT2D eigenvalue weighted by molar-refractivity contribution is 0.235. The first-order valence-electron chi connectivity index (χ1n) is 7.46. The van der Waals surface area contributed by atoms with Gasteiger partial charge in [-0.15, -0.1) is 0 Å². The summed E-state index contributed by atoms with van der Waals surface area (Å²) in [6, 6.07) is 17.9. The summed E-state index contributed by atoms with van der Waals surface area (Å²) in [6.07, 6.45) is 1.12. The zero-order valence-corrected chi connectivity index (χ0v) is 12.7. The minimum absolute atomic E-state index is 0.100. The molecule has 0 spiro atoms. The molecule has 0 heterocycles. The molecule has 0 amide bonds. The summed E-state index contributed by atoms with van der Waals surface area (Å²) < 4.78 is 11.4. The Labute approximate surface area is 126 Å². The molecule has 21 heavy (non-hydrogen) atoms. The predicted octanol–water partition coefficient (Wildman–Crippen LogP) is 4.35. The van der Waals surface area contributed by atoms with Gasteiger partial charge in [-0.1, -0.05) is 25.1 Å². The lowest BCUT2D eigenvalue weighted by Gasteiger charge is -2.16. The zero-order valence-electron chi connectivity index (χ0n) is 12.7. The number of anilines is 1. The van der Waals surface area contributed by atoms with Gasteiger partial charge >= 0.3 is 0 Å². The van der Waals surface area contributed by atoms with Gasteiger partial charge in [0.05, 0.1) is 13.2 Å². The van der Waals surface area contributed by atoms with Crippen LogP contribution in [0.4, 0.5) is 5.69 Å². The number of hydrogen-bond donors (Lipinski definition) is 1. The fraction of sp³-hybridized carbons (Fsp3) is 0.333. The summed E-state index contributed by atoms with van der Waals surface area (Å²) >= 11 is 0. The molecule has 0 fully saturated rings. The van der Waals surface area contributed by atoms with Gasteiger partial charge in [0.2, 0.25) is 0 Å².